The minimum absolute atomic E-state index is 0.0921. The van der Waals surface area contributed by atoms with Gasteiger partial charge >= 0.3 is 6.01 Å². The van der Waals surface area contributed by atoms with E-state index in [0.717, 1.165) is 30.0 Å². The van der Waals surface area contributed by atoms with E-state index in [-0.39, 0.29) is 11.4 Å². The zero-order valence-corrected chi connectivity index (χ0v) is 18.7. The van der Waals surface area contributed by atoms with Crippen LogP contribution < -0.4 is 5.73 Å². The molecular weight excluding hydrogens is 408 g/mol. The Hall–Kier alpha value is -3.47. The minimum atomic E-state index is 0.0921. The molecule has 0 radical (unpaired) electrons. The molecule has 2 saturated carbocycles. The molecule has 2 aliphatic carbocycles. The molecule has 0 amide bonds. The number of hydrogen-bond acceptors (Lipinski definition) is 5. The van der Waals surface area contributed by atoms with Crippen LogP contribution in [0.1, 0.15) is 48.1 Å². The summed E-state index contributed by atoms with van der Waals surface area (Å²) in [7, 11) is 0. The molecule has 2 unspecified atom stereocenters. The fourth-order valence-electron chi connectivity index (χ4n) is 6.25. The lowest BCUT2D eigenvalue weighted by Gasteiger charge is -2.39. The molecule has 2 bridgehead atoms. The third kappa shape index (κ3) is 3.62. The Balaban J connectivity index is 1.29. The van der Waals surface area contributed by atoms with Crippen molar-refractivity contribution in [3.63, 3.8) is 0 Å². The fourth-order valence-corrected chi connectivity index (χ4v) is 6.25. The molecule has 5 nitrogen and oxygen atoms in total. The molecule has 0 aliphatic heterocycles. The topological polar surface area (TPSA) is 77.8 Å². The second kappa shape index (κ2) is 8.14. The van der Waals surface area contributed by atoms with E-state index in [4.69, 9.17) is 10.2 Å². The maximum Gasteiger partial charge on any atom is 0.313 e. The maximum atomic E-state index is 5.61. The van der Waals surface area contributed by atoms with Crippen LogP contribution in [0.25, 0.3) is 11.5 Å². The van der Waals surface area contributed by atoms with Crippen molar-refractivity contribution in [1.82, 2.24) is 15.2 Å². The molecule has 33 heavy (non-hydrogen) atoms. The molecule has 3 atom stereocenters. The Labute approximate surface area is 194 Å². The van der Waals surface area contributed by atoms with Crippen molar-refractivity contribution in [3.05, 3.63) is 95.3 Å². The number of aryl methyl sites for hydroxylation is 2. The Morgan fingerprint density at radius 2 is 1.67 bits per heavy atom. The zero-order chi connectivity index (χ0) is 22.3. The standard InChI is InChI=1S/C28H28N4O/c29-27-32-31-26(33-27)21-8-13-23(14-9-21)28(18-20-6-12-24(28)17-20)22-10-4-19(5-11-22)7-15-25-3-1-2-16-30-25/h1-5,8-11,13-14,16,20,24H,6-7,12,15,17-18H2,(H2,29,32)/t20?,24-,28?/m1/s1. The summed E-state index contributed by atoms with van der Waals surface area (Å²) in [5, 5.41) is 7.81. The highest BCUT2D eigenvalue weighted by Crippen LogP contribution is 2.60. The number of pyridine rings is 1. The van der Waals surface area contributed by atoms with Gasteiger partial charge in [0.1, 0.15) is 0 Å². The van der Waals surface area contributed by atoms with Crippen molar-refractivity contribution >= 4 is 6.01 Å². The number of rotatable bonds is 6. The highest BCUT2D eigenvalue weighted by Gasteiger charge is 2.52. The van der Waals surface area contributed by atoms with Gasteiger partial charge in [-0.05, 0) is 84.9 Å². The minimum Gasteiger partial charge on any atom is -0.404 e. The van der Waals surface area contributed by atoms with E-state index in [1.807, 2.05) is 12.3 Å². The second-order valence-electron chi connectivity index (χ2n) is 9.59. The van der Waals surface area contributed by atoms with Crippen molar-refractivity contribution in [1.29, 1.82) is 0 Å². The van der Waals surface area contributed by atoms with Crippen LogP contribution in [0, 0.1) is 11.8 Å². The van der Waals surface area contributed by atoms with Crippen molar-refractivity contribution in [2.24, 2.45) is 11.8 Å². The SMILES string of the molecule is Nc1nnc(-c2ccc(C3(c4ccc(CCc5ccccn5)cc4)CC4CC[C@@H]3C4)cc2)o1. The average Bonchev–Trinajstić information content (AvgIpc) is 3.61. The van der Waals surface area contributed by atoms with Crippen LogP contribution in [0.4, 0.5) is 6.01 Å². The maximum absolute atomic E-state index is 5.61. The van der Waals surface area contributed by atoms with Crippen molar-refractivity contribution in [2.45, 2.75) is 43.9 Å². The predicted molar refractivity (Wildman–Crippen MR) is 128 cm³/mol. The Morgan fingerprint density at radius 3 is 2.27 bits per heavy atom. The number of aromatic nitrogens is 3. The first kappa shape index (κ1) is 20.2. The first-order valence-corrected chi connectivity index (χ1v) is 11.9. The molecule has 166 valence electrons. The van der Waals surface area contributed by atoms with Crippen LogP contribution in [0.15, 0.2) is 77.3 Å². The Bertz CT molecular complexity index is 1230. The molecule has 2 aliphatic rings. The number of hydrogen-bond donors (Lipinski definition) is 1. The van der Waals surface area contributed by atoms with E-state index < -0.39 is 0 Å². The van der Waals surface area contributed by atoms with Gasteiger partial charge in [0.15, 0.2) is 0 Å². The number of nitrogen functional groups attached to an aromatic ring is 1. The van der Waals surface area contributed by atoms with E-state index in [0.29, 0.717) is 11.8 Å². The number of anilines is 1. The second-order valence-corrected chi connectivity index (χ2v) is 9.59. The summed E-state index contributed by atoms with van der Waals surface area (Å²) in [6.45, 7) is 0. The molecule has 5 heteroatoms. The highest BCUT2D eigenvalue weighted by molar-refractivity contribution is 5.56. The van der Waals surface area contributed by atoms with Crippen molar-refractivity contribution in [2.75, 3.05) is 5.73 Å². The summed E-state index contributed by atoms with van der Waals surface area (Å²) in [6.07, 6.45) is 9.11. The quantitative estimate of drug-likeness (QED) is 0.425. The molecule has 2 aromatic heterocycles. The normalized spacial score (nSPS) is 23.8. The summed E-state index contributed by atoms with van der Waals surface area (Å²) in [5.41, 5.74) is 12.0. The van der Waals surface area contributed by atoms with E-state index in [1.165, 1.54) is 42.4 Å². The molecule has 2 fully saturated rings. The smallest absolute Gasteiger partial charge is 0.313 e. The van der Waals surface area contributed by atoms with E-state index >= 15 is 0 Å². The third-order valence-corrected chi connectivity index (χ3v) is 7.80. The molecule has 2 heterocycles. The van der Waals surface area contributed by atoms with Gasteiger partial charge in [-0.1, -0.05) is 54.0 Å². The van der Waals surface area contributed by atoms with Gasteiger partial charge in [-0.2, -0.15) is 0 Å². The molecule has 0 spiro atoms. The first-order valence-electron chi connectivity index (χ1n) is 11.9. The number of fused-ring (bicyclic) bond motifs is 2. The summed E-state index contributed by atoms with van der Waals surface area (Å²) < 4.78 is 5.41. The van der Waals surface area contributed by atoms with Crippen LogP contribution >= 0.6 is 0 Å². The van der Waals surface area contributed by atoms with Gasteiger partial charge in [-0.15, -0.1) is 5.10 Å². The van der Waals surface area contributed by atoms with Gasteiger partial charge in [0.25, 0.3) is 0 Å². The van der Waals surface area contributed by atoms with Gasteiger partial charge in [-0.3, -0.25) is 4.98 Å². The summed E-state index contributed by atoms with van der Waals surface area (Å²) in [6, 6.07) is 24.3. The number of nitrogens with two attached hydrogens (primary N) is 1. The Kier molecular flexibility index (Phi) is 4.97. The van der Waals surface area contributed by atoms with Crippen LogP contribution in [0.3, 0.4) is 0 Å². The summed E-state index contributed by atoms with van der Waals surface area (Å²) in [4.78, 5) is 4.46. The molecule has 2 aromatic carbocycles. The van der Waals surface area contributed by atoms with E-state index in [1.54, 1.807) is 0 Å². The average molecular weight is 437 g/mol. The molecular formula is C28H28N4O. The van der Waals surface area contributed by atoms with E-state index in [9.17, 15) is 0 Å². The highest BCUT2D eigenvalue weighted by atomic mass is 16.4. The van der Waals surface area contributed by atoms with Gasteiger partial charge < -0.3 is 10.2 Å². The first-order chi connectivity index (χ1) is 16.2. The molecule has 2 N–H and O–H groups in total. The predicted octanol–water partition coefficient (Wildman–Crippen LogP) is 5.61. The lowest BCUT2D eigenvalue weighted by atomic mass is 9.64. The van der Waals surface area contributed by atoms with Crippen LogP contribution in [0.2, 0.25) is 0 Å². The van der Waals surface area contributed by atoms with Crippen LogP contribution in [-0.4, -0.2) is 15.2 Å². The lowest BCUT2D eigenvalue weighted by Crippen LogP contribution is -2.34. The third-order valence-electron chi connectivity index (χ3n) is 7.80. The molecule has 6 rings (SSSR count). The largest absolute Gasteiger partial charge is 0.404 e. The van der Waals surface area contributed by atoms with Gasteiger partial charge in [0.05, 0.1) is 0 Å². The molecule has 4 aromatic rings. The van der Waals surface area contributed by atoms with Crippen molar-refractivity contribution in [3.8, 4) is 11.5 Å². The monoisotopic (exact) mass is 436 g/mol. The molecule has 0 saturated heterocycles. The zero-order valence-electron chi connectivity index (χ0n) is 18.7. The van der Waals surface area contributed by atoms with Gasteiger partial charge in [0, 0.05) is 22.9 Å². The number of benzene rings is 2. The fraction of sp³-hybridized carbons (Fsp3) is 0.321. The lowest BCUT2D eigenvalue weighted by molar-refractivity contribution is 0.320. The summed E-state index contributed by atoms with van der Waals surface area (Å²) in [5.74, 6) is 2.00. The number of nitrogens with zero attached hydrogens (tertiary/aromatic N) is 3. The van der Waals surface area contributed by atoms with E-state index in [2.05, 4.69) is 75.8 Å². The van der Waals surface area contributed by atoms with Gasteiger partial charge in [-0.25, -0.2) is 0 Å². The van der Waals surface area contributed by atoms with Crippen LogP contribution in [-0.2, 0) is 18.3 Å². The van der Waals surface area contributed by atoms with Crippen molar-refractivity contribution < 1.29 is 4.42 Å². The van der Waals surface area contributed by atoms with Gasteiger partial charge in [0.2, 0.25) is 5.89 Å². The summed E-state index contributed by atoms with van der Waals surface area (Å²) >= 11 is 0. The van der Waals surface area contributed by atoms with Crippen LogP contribution in [0.5, 0.6) is 0 Å². The Morgan fingerprint density at radius 1 is 0.879 bits per heavy atom.